The molecule has 0 saturated carbocycles. The van der Waals surface area contributed by atoms with Crippen molar-refractivity contribution in [2.75, 3.05) is 19.6 Å². The maximum absolute atomic E-state index is 12.2. The molecule has 0 radical (unpaired) electrons. The zero-order valence-corrected chi connectivity index (χ0v) is 12.5. The van der Waals surface area contributed by atoms with Crippen molar-refractivity contribution in [2.24, 2.45) is 11.8 Å². The van der Waals surface area contributed by atoms with E-state index in [-0.39, 0.29) is 12.4 Å². The van der Waals surface area contributed by atoms with E-state index in [4.69, 9.17) is 0 Å². The number of hydrogen-bond donors (Lipinski definition) is 1. The minimum Gasteiger partial charge on any atom is -0.340 e. The zero-order chi connectivity index (χ0) is 12.3. The highest BCUT2D eigenvalue weighted by Gasteiger charge is 2.28. The zero-order valence-electron chi connectivity index (χ0n) is 11.7. The van der Waals surface area contributed by atoms with Crippen molar-refractivity contribution in [3.05, 3.63) is 0 Å². The molecule has 3 nitrogen and oxygen atoms in total. The molecular formula is C14H27ClN2O. The Morgan fingerprint density at radius 3 is 2.72 bits per heavy atom. The first-order chi connectivity index (χ1) is 8.18. The summed E-state index contributed by atoms with van der Waals surface area (Å²) in [6.07, 6.45) is 5.67. The van der Waals surface area contributed by atoms with Crippen LogP contribution in [0.3, 0.4) is 0 Å². The highest BCUT2D eigenvalue weighted by atomic mass is 35.5. The number of halogens is 1. The van der Waals surface area contributed by atoms with Crippen LogP contribution in [-0.4, -0.2) is 36.5 Å². The molecule has 0 spiro atoms. The second-order valence-corrected chi connectivity index (χ2v) is 5.87. The third-order valence-electron chi connectivity index (χ3n) is 4.51. The van der Waals surface area contributed by atoms with Crippen LogP contribution in [0.2, 0.25) is 0 Å². The van der Waals surface area contributed by atoms with Gasteiger partial charge in [0.2, 0.25) is 5.91 Å². The molecule has 1 amide bonds. The van der Waals surface area contributed by atoms with Crippen molar-refractivity contribution in [1.29, 1.82) is 0 Å². The van der Waals surface area contributed by atoms with Crippen LogP contribution in [0, 0.1) is 11.8 Å². The Hall–Kier alpha value is -0.280. The number of hydrogen-bond acceptors (Lipinski definition) is 2. The second-order valence-electron chi connectivity index (χ2n) is 5.87. The Balaban J connectivity index is 0.00000162. The molecule has 2 saturated heterocycles. The van der Waals surface area contributed by atoms with Crippen molar-refractivity contribution in [3.63, 3.8) is 0 Å². The summed E-state index contributed by atoms with van der Waals surface area (Å²) in [6, 6.07) is 0.471. The summed E-state index contributed by atoms with van der Waals surface area (Å²) < 4.78 is 0. The van der Waals surface area contributed by atoms with Crippen LogP contribution in [0.5, 0.6) is 0 Å². The monoisotopic (exact) mass is 274 g/mol. The molecule has 3 unspecified atom stereocenters. The van der Waals surface area contributed by atoms with Gasteiger partial charge < -0.3 is 10.2 Å². The second kappa shape index (κ2) is 7.34. The van der Waals surface area contributed by atoms with Gasteiger partial charge in [-0.15, -0.1) is 12.4 Å². The summed E-state index contributed by atoms with van der Waals surface area (Å²) in [5.41, 5.74) is 0. The molecule has 2 aliphatic heterocycles. The Morgan fingerprint density at radius 2 is 2.17 bits per heavy atom. The lowest BCUT2D eigenvalue weighted by Gasteiger charge is -2.30. The van der Waals surface area contributed by atoms with Gasteiger partial charge in [0.1, 0.15) is 0 Å². The molecule has 2 fully saturated rings. The third-order valence-corrected chi connectivity index (χ3v) is 4.51. The molecule has 0 aromatic carbocycles. The van der Waals surface area contributed by atoms with Crippen LogP contribution in [0.4, 0.5) is 0 Å². The first-order valence-corrected chi connectivity index (χ1v) is 7.18. The average Bonchev–Trinajstić information content (AvgIpc) is 2.76. The fraction of sp³-hybridized carbons (Fsp3) is 0.929. The molecule has 0 bridgehead atoms. The van der Waals surface area contributed by atoms with Crippen molar-refractivity contribution in [1.82, 2.24) is 10.2 Å². The number of likely N-dealkylation sites (tertiary alicyclic amines) is 1. The van der Waals surface area contributed by atoms with Gasteiger partial charge in [-0.25, -0.2) is 0 Å². The number of nitrogens with zero attached hydrogens (tertiary/aromatic N) is 1. The Kier molecular flexibility index (Phi) is 6.44. The molecule has 0 aromatic rings. The van der Waals surface area contributed by atoms with E-state index in [0.717, 1.165) is 26.1 Å². The summed E-state index contributed by atoms with van der Waals surface area (Å²) in [5, 5.41) is 3.44. The van der Waals surface area contributed by atoms with E-state index in [1.54, 1.807) is 0 Å². The molecular weight excluding hydrogens is 248 g/mol. The summed E-state index contributed by atoms with van der Waals surface area (Å²) >= 11 is 0. The quantitative estimate of drug-likeness (QED) is 0.857. The van der Waals surface area contributed by atoms with Crippen molar-refractivity contribution >= 4 is 18.3 Å². The molecule has 2 heterocycles. The van der Waals surface area contributed by atoms with Crippen LogP contribution in [0.25, 0.3) is 0 Å². The van der Waals surface area contributed by atoms with Gasteiger partial charge in [0, 0.05) is 19.0 Å². The lowest BCUT2D eigenvalue weighted by molar-refractivity contribution is -0.133. The first-order valence-electron chi connectivity index (χ1n) is 7.18. The van der Waals surface area contributed by atoms with Gasteiger partial charge in [-0.1, -0.05) is 6.92 Å². The summed E-state index contributed by atoms with van der Waals surface area (Å²) in [6.45, 7) is 7.66. The molecule has 0 aliphatic carbocycles. The van der Waals surface area contributed by atoms with E-state index in [9.17, 15) is 4.79 Å². The number of carbonyl (C=O) groups excluding carboxylic acids is 1. The molecule has 2 rings (SSSR count). The smallest absolute Gasteiger partial charge is 0.223 e. The molecule has 2 aliphatic rings. The average molecular weight is 275 g/mol. The summed E-state index contributed by atoms with van der Waals surface area (Å²) in [5.74, 6) is 1.61. The Morgan fingerprint density at radius 1 is 1.39 bits per heavy atom. The maximum Gasteiger partial charge on any atom is 0.223 e. The van der Waals surface area contributed by atoms with E-state index in [2.05, 4.69) is 24.1 Å². The van der Waals surface area contributed by atoms with Gasteiger partial charge in [0.25, 0.3) is 0 Å². The van der Waals surface area contributed by atoms with Crippen LogP contribution >= 0.6 is 12.4 Å². The molecule has 0 aromatic heterocycles. The van der Waals surface area contributed by atoms with Crippen molar-refractivity contribution < 1.29 is 4.79 Å². The molecule has 1 N–H and O–H groups in total. The third kappa shape index (κ3) is 3.86. The van der Waals surface area contributed by atoms with Gasteiger partial charge in [-0.2, -0.15) is 0 Å². The summed E-state index contributed by atoms with van der Waals surface area (Å²) in [4.78, 5) is 14.3. The van der Waals surface area contributed by atoms with Crippen molar-refractivity contribution in [2.45, 2.75) is 52.0 Å². The highest BCUT2D eigenvalue weighted by Crippen LogP contribution is 2.25. The van der Waals surface area contributed by atoms with Crippen molar-refractivity contribution in [3.8, 4) is 0 Å². The van der Waals surface area contributed by atoms with Gasteiger partial charge in [-0.3, -0.25) is 4.79 Å². The summed E-state index contributed by atoms with van der Waals surface area (Å²) in [7, 11) is 0. The van der Waals surface area contributed by atoms with Gasteiger partial charge >= 0.3 is 0 Å². The molecule has 4 heteroatoms. The predicted octanol–water partition coefficient (Wildman–Crippen LogP) is 2.44. The topological polar surface area (TPSA) is 32.3 Å². The number of carbonyl (C=O) groups is 1. The maximum atomic E-state index is 12.2. The van der Waals surface area contributed by atoms with Gasteiger partial charge in [0.15, 0.2) is 0 Å². The number of nitrogens with one attached hydrogen (secondary N) is 1. The van der Waals surface area contributed by atoms with E-state index in [1.165, 1.54) is 25.7 Å². The fourth-order valence-electron chi connectivity index (χ4n) is 3.23. The van der Waals surface area contributed by atoms with Crippen LogP contribution < -0.4 is 5.32 Å². The minimum absolute atomic E-state index is 0. The predicted molar refractivity (Wildman–Crippen MR) is 77.0 cm³/mol. The first kappa shape index (κ1) is 15.8. The van der Waals surface area contributed by atoms with Crippen LogP contribution in [-0.2, 0) is 4.79 Å². The van der Waals surface area contributed by atoms with E-state index < -0.39 is 0 Å². The molecule has 3 atom stereocenters. The van der Waals surface area contributed by atoms with E-state index in [1.807, 2.05) is 0 Å². The van der Waals surface area contributed by atoms with Gasteiger partial charge in [0.05, 0.1) is 0 Å². The standard InChI is InChI=1S/C14H26N2O.ClH/c1-11(13-6-3-7-15-10-13)9-14(17)16-8-4-5-12(16)2;/h11-13,15H,3-10H2,1-2H3;1H. The SMILES string of the molecule is CC(CC(=O)N1CCCC1C)C1CCCNC1.Cl. The number of piperidine rings is 1. The normalized spacial score (nSPS) is 29.8. The largest absolute Gasteiger partial charge is 0.340 e. The number of rotatable bonds is 3. The lowest BCUT2D eigenvalue weighted by atomic mass is 9.85. The Bertz CT molecular complexity index is 267. The van der Waals surface area contributed by atoms with Crippen LogP contribution in [0.1, 0.15) is 46.0 Å². The molecule has 106 valence electrons. The fourth-order valence-corrected chi connectivity index (χ4v) is 3.23. The lowest BCUT2D eigenvalue weighted by Crippen LogP contribution is -2.38. The van der Waals surface area contributed by atoms with Crippen LogP contribution in [0.15, 0.2) is 0 Å². The highest BCUT2D eigenvalue weighted by molar-refractivity contribution is 5.85. The Labute approximate surface area is 117 Å². The molecule has 18 heavy (non-hydrogen) atoms. The van der Waals surface area contributed by atoms with Gasteiger partial charge in [-0.05, 0) is 57.5 Å². The van der Waals surface area contributed by atoms with E-state index >= 15 is 0 Å². The van der Waals surface area contributed by atoms with E-state index in [0.29, 0.717) is 23.8 Å². The minimum atomic E-state index is 0. The number of amides is 1.